The number of pyridine rings is 3. The van der Waals surface area contributed by atoms with Crippen molar-refractivity contribution in [1.29, 1.82) is 0 Å². The first-order valence-electron chi connectivity index (χ1n) is 49.4. The van der Waals surface area contributed by atoms with Gasteiger partial charge in [-0.25, -0.2) is 15.0 Å². The fraction of sp³-hybridized carbons (Fsp3) is 0. The van der Waals surface area contributed by atoms with Crippen LogP contribution in [0.4, 0.5) is 34.1 Å². The second kappa shape index (κ2) is 33.2. The number of hydrogen-bond acceptors (Lipinski definition) is 10. The number of nitrogens with zero attached hydrogens (tertiary/aromatic N) is 6. The molecule has 0 N–H and O–H groups in total. The maximum absolute atomic E-state index is 6.37. The Labute approximate surface area is 840 Å². The molecule has 2 aliphatic heterocycles. The van der Waals surface area contributed by atoms with Crippen LogP contribution in [0, 0.1) is 0 Å². The number of benzene rings is 22. The summed E-state index contributed by atoms with van der Waals surface area (Å²) in [6.45, 7) is 0. The van der Waals surface area contributed by atoms with Gasteiger partial charge in [0.25, 0.3) is 0 Å². The molecule has 680 valence electrons. The van der Waals surface area contributed by atoms with E-state index >= 15 is 0 Å². The average molecular weight is 1880 g/mol. The Morgan fingerprint density at radius 3 is 0.904 bits per heavy atom. The van der Waals surface area contributed by atoms with E-state index in [2.05, 4.69) is 439 Å². The van der Waals surface area contributed by atoms with Gasteiger partial charge in [-0.05, 0) is 220 Å². The molecule has 10 nitrogen and oxygen atoms in total. The van der Waals surface area contributed by atoms with E-state index in [4.69, 9.17) is 32.9 Å². The predicted octanol–water partition coefficient (Wildman–Crippen LogP) is 38.2. The fourth-order valence-corrected chi connectivity index (χ4v) is 24.1. The molecule has 0 amide bonds. The van der Waals surface area contributed by atoms with E-state index in [1.807, 2.05) is 72.4 Å². The summed E-state index contributed by atoms with van der Waals surface area (Å²) in [5.41, 5.74) is 34.0. The van der Waals surface area contributed by atoms with Crippen molar-refractivity contribution < 1.29 is 18.0 Å². The van der Waals surface area contributed by atoms with Crippen molar-refractivity contribution in [2.45, 2.75) is 9.79 Å². The van der Waals surface area contributed by atoms with E-state index in [0.29, 0.717) is 0 Å². The van der Waals surface area contributed by atoms with Gasteiger partial charge >= 0.3 is 0 Å². The summed E-state index contributed by atoms with van der Waals surface area (Å²) in [5, 5.41) is 22.1. The summed E-state index contributed by atoms with van der Waals surface area (Å²) >= 11 is 1.83. The topological polar surface area (TPSA) is 98.2 Å². The maximum Gasteiger partial charge on any atom is 0.151 e. The molecule has 2 aliphatic rings. The van der Waals surface area contributed by atoms with E-state index in [-0.39, 0.29) is 0 Å². The van der Waals surface area contributed by atoms with E-state index in [0.717, 1.165) is 221 Å². The van der Waals surface area contributed by atoms with Crippen LogP contribution in [0.5, 0.6) is 11.5 Å². The minimum atomic E-state index is 0.838. The molecule has 0 spiro atoms. The lowest BCUT2D eigenvalue weighted by Gasteiger charge is -2.33. The minimum absolute atomic E-state index is 0.838. The Morgan fingerprint density at radius 1 is 0.185 bits per heavy atom. The highest BCUT2D eigenvalue weighted by atomic mass is 32.2. The van der Waals surface area contributed by atoms with Crippen LogP contribution in [0.3, 0.4) is 0 Å². The lowest BCUT2D eigenvalue weighted by molar-refractivity contribution is 0.477. The highest BCUT2D eigenvalue weighted by molar-refractivity contribution is 7.99. The monoisotopic (exact) mass is 1880 g/mol. The normalized spacial score (nSPS) is 12.4. The number of rotatable bonds is 9. The van der Waals surface area contributed by atoms with Crippen LogP contribution >= 0.6 is 11.8 Å². The van der Waals surface area contributed by atoms with Gasteiger partial charge in [0.1, 0.15) is 33.5 Å². The van der Waals surface area contributed by atoms with Crippen molar-refractivity contribution in [3.8, 4) is 89.8 Å². The predicted molar refractivity (Wildman–Crippen MR) is 606 cm³/mol. The number of ether oxygens (including phenoxy) is 1. The van der Waals surface area contributed by atoms with Crippen LogP contribution in [0.15, 0.2) is 508 Å². The summed E-state index contributed by atoms with van der Waals surface area (Å²) in [7, 11) is 0. The van der Waals surface area contributed by atoms with E-state index in [1.165, 1.54) is 81.2 Å². The number of aromatic nitrogens is 4. The number of para-hydroxylation sites is 11. The zero-order chi connectivity index (χ0) is 95.7. The second-order valence-corrected chi connectivity index (χ2v) is 38.9. The van der Waals surface area contributed by atoms with Crippen molar-refractivity contribution >= 4 is 215 Å². The molecule has 0 radical (unpaired) electrons. The SMILES string of the molecule is c1ccc(-c2nc3cc(-c4cccc(-c5cc6c7ccccc7n7c8ccccc8c(c5)c67)c4)ccc3c3c2ccc2oc4ccccc4c23)cc1.c1ccc(-c2nc3cc(-c4cccc(N5c6ccccc6Oc6ccccc65)c4)ccc3c3c2ccc2oc4ccccc4c23)cc1.c1ccc(-c2nc3cc(-c4cccc(N5c6ccccc6Sc6ccccc65)c4)ccc3c3c2ccc2oc4ccccc4c23)cc1. The lowest BCUT2D eigenvalue weighted by atomic mass is 9.93. The van der Waals surface area contributed by atoms with Crippen LogP contribution < -0.4 is 14.5 Å². The maximum atomic E-state index is 6.37. The molecule has 0 saturated heterocycles. The Kier molecular flexibility index (Phi) is 18.8. The molecule has 30 aromatic rings. The lowest BCUT2D eigenvalue weighted by Crippen LogP contribution is -2.15. The van der Waals surface area contributed by atoms with Gasteiger partial charge in [-0.2, -0.15) is 0 Å². The Hall–Kier alpha value is -19.2. The van der Waals surface area contributed by atoms with Gasteiger partial charge in [0.05, 0.1) is 72.9 Å². The van der Waals surface area contributed by atoms with Gasteiger partial charge in [0.2, 0.25) is 0 Å². The van der Waals surface area contributed by atoms with Crippen molar-refractivity contribution in [2.75, 3.05) is 9.80 Å². The molecule has 0 fully saturated rings. The third kappa shape index (κ3) is 13.3. The van der Waals surface area contributed by atoms with Crippen molar-refractivity contribution in [3.05, 3.63) is 485 Å². The summed E-state index contributed by atoms with van der Waals surface area (Å²) in [6.07, 6.45) is 0. The van der Waals surface area contributed by atoms with Crippen molar-refractivity contribution in [3.63, 3.8) is 0 Å². The molecule has 8 aromatic heterocycles. The summed E-state index contributed by atoms with van der Waals surface area (Å²) < 4.78 is 27.7. The third-order valence-corrected chi connectivity index (χ3v) is 30.6. The first kappa shape index (κ1) is 82.7. The summed E-state index contributed by atoms with van der Waals surface area (Å²) in [5.74, 6) is 1.68. The highest BCUT2D eigenvalue weighted by Crippen LogP contribution is 2.56. The number of furan rings is 3. The van der Waals surface area contributed by atoms with E-state index in [9.17, 15) is 0 Å². The molecule has 0 unspecified atom stereocenters. The second-order valence-electron chi connectivity index (χ2n) is 37.8. The van der Waals surface area contributed by atoms with E-state index < -0.39 is 0 Å². The molecule has 11 heteroatoms. The summed E-state index contributed by atoms with van der Waals surface area (Å²) in [6, 6.07) is 172. The van der Waals surface area contributed by atoms with Gasteiger partial charge in [-0.1, -0.05) is 321 Å². The fourth-order valence-electron chi connectivity index (χ4n) is 23.0. The van der Waals surface area contributed by atoms with Gasteiger partial charge < -0.3 is 32.2 Å². The number of fused-ring (bicyclic) bond motifs is 31. The zero-order valence-electron chi connectivity index (χ0n) is 78.4. The van der Waals surface area contributed by atoms with Gasteiger partial charge in [0.15, 0.2) is 11.5 Å². The van der Waals surface area contributed by atoms with Crippen LogP contribution in [0.1, 0.15) is 0 Å². The molecule has 0 atom stereocenters. The molecule has 0 aliphatic carbocycles. The molecule has 146 heavy (non-hydrogen) atoms. The Balaban J connectivity index is 0.000000102. The Bertz CT molecular complexity index is 10100. The zero-order valence-corrected chi connectivity index (χ0v) is 79.2. The van der Waals surface area contributed by atoms with Gasteiger partial charge in [0, 0.05) is 140 Å². The molecule has 0 saturated carbocycles. The van der Waals surface area contributed by atoms with Crippen molar-refractivity contribution in [2.24, 2.45) is 0 Å². The quantitative estimate of drug-likeness (QED) is 0.130. The highest BCUT2D eigenvalue weighted by Gasteiger charge is 2.31. The van der Waals surface area contributed by atoms with E-state index in [1.54, 1.807) is 0 Å². The number of anilines is 6. The summed E-state index contributed by atoms with van der Waals surface area (Å²) in [4.78, 5) is 23.3. The van der Waals surface area contributed by atoms with Gasteiger partial charge in [-0.15, -0.1) is 0 Å². The first-order chi connectivity index (χ1) is 72.4. The number of hydrogen-bond donors (Lipinski definition) is 0. The van der Waals surface area contributed by atoms with Gasteiger partial charge in [-0.3, -0.25) is 0 Å². The Morgan fingerprint density at radius 2 is 0.493 bits per heavy atom. The average Bonchev–Trinajstić information content (AvgIpc) is 1.53. The van der Waals surface area contributed by atoms with Crippen molar-refractivity contribution in [1.82, 2.24) is 19.4 Å². The molecular weight excluding hydrogens is 1800 g/mol. The third-order valence-electron chi connectivity index (χ3n) is 29.5. The molecule has 22 aromatic carbocycles. The largest absolute Gasteiger partial charge is 0.456 e. The standard InChI is InChI=1S/C49H28N2O.C43H26N2O2.C43H26N2OS/c1-2-11-29(12-3-1)48-38-23-24-45-47(37-17-6-9-20-44(37)52-45)46(38)36-22-21-32(28-41(36)50-48)30-13-10-14-31(25-30)33-26-39-34-15-4-7-18-42(34)51-43-19-8-5-16-35(43)40(27-33)49(39)51;1-2-11-27(12-3-1)43-33-23-24-40-42(32-15-4-7-18-37(32)46-40)41(33)31-22-21-29(26-34(31)44-43)28-13-10-14-30(25-28)45-35-16-5-8-19-38(35)47-39-20-9-6-17-36(39)45;1-2-11-27(12-3-1)43-33-23-24-38-42(32-15-4-7-18-37(32)46-38)41(33)31-22-21-29(26-34(31)44-43)28-13-10-14-30(25-28)45-35-16-5-8-19-39(35)47-40-20-9-6-17-36(40)45/h1-28H;2*1-26H. The smallest absolute Gasteiger partial charge is 0.151 e. The van der Waals surface area contributed by atoms with Crippen LogP contribution in [-0.4, -0.2) is 19.4 Å². The first-order valence-corrected chi connectivity index (χ1v) is 50.2. The minimum Gasteiger partial charge on any atom is -0.456 e. The van der Waals surface area contributed by atoms with Crippen LogP contribution in [0.25, 0.3) is 247 Å². The molecule has 0 bridgehead atoms. The molecular formula is C135H80N6O4S. The molecule has 32 rings (SSSR count). The van der Waals surface area contributed by atoms with Crippen LogP contribution in [0.2, 0.25) is 0 Å². The molecule has 10 heterocycles. The van der Waals surface area contributed by atoms with Crippen LogP contribution in [-0.2, 0) is 0 Å².